The first-order chi connectivity index (χ1) is 8.66. The van der Waals surface area contributed by atoms with Crippen molar-refractivity contribution in [3.8, 4) is 11.3 Å². The summed E-state index contributed by atoms with van der Waals surface area (Å²) in [5.74, 6) is 1.66. The molecule has 18 heavy (non-hydrogen) atoms. The van der Waals surface area contributed by atoms with Crippen molar-refractivity contribution in [3.05, 3.63) is 29.3 Å². The fourth-order valence-electron chi connectivity index (χ4n) is 2.37. The van der Waals surface area contributed by atoms with Gasteiger partial charge < -0.3 is 11.1 Å². The lowest BCUT2D eigenvalue weighted by molar-refractivity contribution is 0.634. The summed E-state index contributed by atoms with van der Waals surface area (Å²) in [5.41, 5.74) is 10.8. The molecule has 0 amide bonds. The third-order valence-electron chi connectivity index (χ3n) is 3.63. The van der Waals surface area contributed by atoms with Crippen LogP contribution < -0.4 is 11.1 Å². The van der Waals surface area contributed by atoms with Crippen LogP contribution in [0.1, 0.15) is 17.5 Å². The van der Waals surface area contributed by atoms with Gasteiger partial charge in [-0.3, -0.25) is 4.57 Å². The first kappa shape index (κ1) is 11.1. The first-order valence-corrected chi connectivity index (χ1v) is 6.34. The Bertz CT molecular complexity index is 598. The molecule has 0 spiro atoms. The highest BCUT2D eigenvalue weighted by molar-refractivity contribution is 5.74. The third kappa shape index (κ3) is 1.65. The van der Waals surface area contributed by atoms with E-state index in [9.17, 15) is 0 Å². The van der Waals surface area contributed by atoms with E-state index < -0.39 is 0 Å². The van der Waals surface area contributed by atoms with Crippen LogP contribution in [0.15, 0.2) is 18.2 Å². The van der Waals surface area contributed by atoms with Gasteiger partial charge in [-0.05, 0) is 37.5 Å². The van der Waals surface area contributed by atoms with Gasteiger partial charge in [-0.25, -0.2) is 4.98 Å². The average Bonchev–Trinajstić information content (AvgIpc) is 2.71. The number of imidazole rings is 1. The number of hydrogen-bond acceptors (Lipinski definition) is 3. The molecule has 0 saturated carbocycles. The Balaban J connectivity index is 2.11. The van der Waals surface area contributed by atoms with Crippen molar-refractivity contribution in [1.29, 1.82) is 0 Å². The molecule has 0 radical (unpaired) electrons. The van der Waals surface area contributed by atoms with Gasteiger partial charge >= 0.3 is 0 Å². The standard InChI is InChI=1S/C14H18N4/c1-9-4-5-11(8-10(9)2)12-13(15)18-7-3-6-16-14(18)17-12/h4-5,8H,3,6-7,15H2,1-2H3,(H,16,17). The zero-order valence-electron chi connectivity index (χ0n) is 10.8. The van der Waals surface area contributed by atoms with E-state index in [1.54, 1.807) is 0 Å². The quantitative estimate of drug-likeness (QED) is 0.808. The maximum atomic E-state index is 6.20. The summed E-state index contributed by atoms with van der Waals surface area (Å²) in [4.78, 5) is 4.62. The Morgan fingerprint density at radius 1 is 1.28 bits per heavy atom. The summed E-state index contributed by atoms with van der Waals surface area (Å²) in [6, 6.07) is 6.36. The number of fused-ring (bicyclic) bond motifs is 1. The zero-order valence-corrected chi connectivity index (χ0v) is 10.8. The highest BCUT2D eigenvalue weighted by Gasteiger charge is 2.18. The molecule has 0 atom stereocenters. The second-order valence-electron chi connectivity index (χ2n) is 4.90. The molecule has 3 N–H and O–H groups in total. The van der Waals surface area contributed by atoms with Crippen LogP contribution in [0, 0.1) is 13.8 Å². The molecular formula is C14H18N4. The summed E-state index contributed by atoms with van der Waals surface area (Å²) in [6.45, 7) is 6.15. The Labute approximate surface area is 107 Å². The van der Waals surface area contributed by atoms with Crippen LogP contribution in [0.5, 0.6) is 0 Å². The monoisotopic (exact) mass is 242 g/mol. The number of aryl methyl sites for hydroxylation is 2. The summed E-state index contributed by atoms with van der Waals surface area (Å²) in [6.07, 6.45) is 1.10. The molecule has 1 aromatic carbocycles. The van der Waals surface area contributed by atoms with Crippen LogP contribution in [0.25, 0.3) is 11.3 Å². The van der Waals surface area contributed by atoms with Crippen LogP contribution in [0.3, 0.4) is 0 Å². The van der Waals surface area contributed by atoms with Crippen LogP contribution in [-0.2, 0) is 6.54 Å². The van der Waals surface area contributed by atoms with Crippen molar-refractivity contribution in [2.75, 3.05) is 17.6 Å². The summed E-state index contributed by atoms with van der Waals surface area (Å²) in [5, 5.41) is 3.29. The van der Waals surface area contributed by atoms with Crippen molar-refractivity contribution in [2.45, 2.75) is 26.8 Å². The molecule has 0 bridgehead atoms. The highest BCUT2D eigenvalue weighted by atomic mass is 15.3. The van der Waals surface area contributed by atoms with E-state index >= 15 is 0 Å². The largest absolute Gasteiger partial charge is 0.383 e. The predicted octanol–water partition coefficient (Wildman–Crippen LogP) is 2.56. The van der Waals surface area contributed by atoms with E-state index in [2.05, 4.69) is 46.9 Å². The van der Waals surface area contributed by atoms with Gasteiger partial charge in [0.1, 0.15) is 11.5 Å². The van der Waals surface area contributed by atoms with E-state index in [1.165, 1.54) is 11.1 Å². The lowest BCUT2D eigenvalue weighted by Gasteiger charge is -2.15. The minimum absolute atomic E-state index is 0.764. The van der Waals surface area contributed by atoms with E-state index in [4.69, 9.17) is 5.73 Å². The van der Waals surface area contributed by atoms with Crippen LogP contribution in [0.4, 0.5) is 11.8 Å². The fourth-order valence-corrected chi connectivity index (χ4v) is 2.37. The molecule has 0 fully saturated rings. The molecular weight excluding hydrogens is 224 g/mol. The number of nitrogen functional groups attached to an aromatic ring is 1. The second-order valence-corrected chi connectivity index (χ2v) is 4.90. The number of aromatic nitrogens is 2. The van der Waals surface area contributed by atoms with E-state index in [1.807, 2.05) is 0 Å². The van der Waals surface area contributed by atoms with E-state index in [-0.39, 0.29) is 0 Å². The molecule has 0 aliphatic carbocycles. The molecule has 4 heteroatoms. The Morgan fingerprint density at radius 2 is 2.11 bits per heavy atom. The van der Waals surface area contributed by atoms with E-state index in [0.29, 0.717) is 0 Å². The summed E-state index contributed by atoms with van der Waals surface area (Å²) in [7, 11) is 0. The predicted molar refractivity (Wildman–Crippen MR) is 74.7 cm³/mol. The first-order valence-electron chi connectivity index (χ1n) is 6.34. The van der Waals surface area contributed by atoms with Crippen molar-refractivity contribution in [3.63, 3.8) is 0 Å². The fraction of sp³-hybridized carbons (Fsp3) is 0.357. The van der Waals surface area contributed by atoms with Gasteiger partial charge in [0, 0.05) is 18.7 Å². The Kier molecular flexibility index (Phi) is 2.51. The number of nitrogens with two attached hydrogens (primary N) is 1. The maximum absolute atomic E-state index is 6.20. The number of nitrogens with zero attached hydrogens (tertiary/aromatic N) is 2. The third-order valence-corrected chi connectivity index (χ3v) is 3.63. The normalized spacial score (nSPS) is 14.1. The highest BCUT2D eigenvalue weighted by Crippen LogP contribution is 2.31. The van der Waals surface area contributed by atoms with Crippen LogP contribution in [-0.4, -0.2) is 16.1 Å². The number of anilines is 2. The molecule has 3 rings (SSSR count). The number of hydrogen-bond donors (Lipinski definition) is 2. The molecule has 1 aliphatic heterocycles. The molecule has 0 unspecified atom stereocenters. The Hall–Kier alpha value is -1.97. The van der Waals surface area contributed by atoms with Crippen LogP contribution in [0.2, 0.25) is 0 Å². The van der Waals surface area contributed by atoms with Gasteiger partial charge in [0.15, 0.2) is 0 Å². The number of benzene rings is 1. The van der Waals surface area contributed by atoms with Gasteiger partial charge in [-0.1, -0.05) is 12.1 Å². The lowest BCUT2D eigenvalue weighted by atomic mass is 10.0. The van der Waals surface area contributed by atoms with Gasteiger partial charge in [-0.15, -0.1) is 0 Å². The number of rotatable bonds is 1. The number of nitrogens with one attached hydrogen (secondary N) is 1. The molecule has 94 valence electrons. The smallest absolute Gasteiger partial charge is 0.205 e. The molecule has 0 saturated heterocycles. The second kappa shape index (κ2) is 4.05. The molecule has 1 aliphatic rings. The molecule has 1 aromatic heterocycles. The van der Waals surface area contributed by atoms with Crippen molar-refractivity contribution >= 4 is 11.8 Å². The minimum atomic E-state index is 0.764. The van der Waals surface area contributed by atoms with Crippen molar-refractivity contribution in [2.24, 2.45) is 0 Å². The van der Waals surface area contributed by atoms with Crippen LogP contribution >= 0.6 is 0 Å². The topological polar surface area (TPSA) is 55.9 Å². The van der Waals surface area contributed by atoms with Crippen molar-refractivity contribution < 1.29 is 0 Å². The minimum Gasteiger partial charge on any atom is -0.383 e. The summed E-state index contributed by atoms with van der Waals surface area (Å²) < 4.78 is 2.06. The van der Waals surface area contributed by atoms with Crippen molar-refractivity contribution in [1.82, 2.24) is 9.55 Å². The van der Waals surface area contributed by atoms with Gasteiger partial charge in [-0.2, -0.15) is 0 Å². The zero-order chi connectivity index (χ0) is 12.7. The molecule has 4 nitrogen and oxygen atoms in total. The SMILES string of the molecule is Cc1ccc(-c2nc3n(c2N)CCCN3)cc1C. The van der Waals surface area contributed by atoms with Gasteiger partial charge in [0.05, 0.1) is 0 Å². The van der Waals surface area contributed by atoms with E-state index in [0.717, 1.165) is 42.5 Å². The molecule has 2 heterocycles. The Morgan fingerprint density at radius 3 is 2.83 bits per heavy atom. The molecule has 2 aromatic rings. The van der Waals surface area contributed by atoms with Gasteiger partial charge in [0.2, 0.25) is 5.95 Å². The maximum Gasteiger partial charge on any atom is 0.205 e. The average molecular weight is 242 g/mol. The lowest BCUT2D eigenvalue weighted by Crippen LogP contribution is -2.18. The summed E-state index contributed by atoms with van der Waals surface area (Å²) >= 11 is 0. The van der Waals surface area contributed by atoms with Gasteiger partial charge in [0.25, 0.3) is 0 Å².